The molecule has 0 atom stereocenters. The number of hydrogen-bond acceptors (Lipinski definition) is 3. The summed E-state index contributed by atoms with van der Waals surface area (Å²) in [7, 11) is -3.28. The van der Waals surface area contributed by atoms with E-state index >= 15 is 0 Å². The van der Waals surface area contributed by atoms with Gasteiger partial charge in [0, 0.05) is 5.41 Å². The average molecular weight is 221 g/mol. The van der Waals surface area contributed by atoms with Crippen molar-refractivity contribution >= 4 is 15.8 Å². The van der Waals surface area contributed by atoms with Gasteiger partial charge in [0.25, 0.3) is 0 Å². The van der Waals surface area contributed by atoms with Gasteiger partial charge in [-0.15, -0.1) is 0 Å². The van der Waals surface area contributed by atoms with Gasteiger partial charge in [-0.25, -0.2) is 13.1 Å². The van der Waals surface area contributed by atoms with Crippen molar-refractivity contribution in [2.24, 2.45) is 11.3 Å². The number of rotatable bonds is 5. The topological polar surface area (TPSA) is 63.2 Å². The van der Waals surface area contributed by atoms with Crippen LogP contribution in [0.25, 0.3) is 0 Å². The number of hydrogen-bond donors (Lipinski definition) is 1. The highest BCUT2D eigenvalue weighted by Crippen LogP contribution is 2.26. The van der Waals surface area contributed by atoms with Crippen LogP contribution in [0.15, 0.2) is 0 Å². The van der Waals surface area contributed by atoms with Gasteiger partial charge in [0.1, 0.15) is 0 Å². The maximum atomic E-state index is 11.6. The molecule has 5 heteroatoms. The Balaban J connectivity index is 4.37. The van der Waals surface area contributed by atoms with E-state index in [-0.39, 0.29) is 18.2 Å². The summed E-state index contributed by atoms with van der Waals surface area (Å²) in [6, 6.07) is 0. The molecule has 1 N–H and O–H groups in total. The molecule has 0 aliphatic heterocycles. The predicted molar refractivity (Wildman–Crippen MR) is 56.5 cm³/mol. The van der Waals surface area contributed by atoms with Gasteiger partial charge in [-0.3, -0.25) is 4.79 Å². The summed E-state index contributed by atoms with van der Waals surface area (Å²) in [5.74, 6) is 0.106. The Bertz CT molecular complexity index is 304. The molecule has 0 rings (SSSR count). The summed E-state index contributed by atoms with van der Waals surface area (Å²) < 4.78 is 23.7. The van der Waals surface area contributed by atoms with Crippen molar-refractivity contribution in [2.45, 2.75) is 27.7 Å². The summed E-state index contributed by atoms with van der Waals surface area (Å²) in [6.07, 6.45) is 1.04. The Kier molecular flexibility index (Phi) is 4.27. The molecule has 0 unspecified atom stereocenters. The van der Waals surface area contributed by atoms with Crippen LogP contribution in [0.2, 0.25) is 0 Å². The van der Waals surface area contributed by atoms with Gasteiger partial charge in [-0.2, -0.15) is 0 Å². The molecule has 14 heavy (non-hydrogen) atoms. The molecule has 0 aromatic heterocycles. The first kappa shape index (κ1) is 13.6. The van der Waals surface area contributed by atoms with Crippen LogP contribution in [-0.4, -0.2) is 27.0 Å². The molecule has 0 aliphatic rings. The molecule has 0 radical (unpaired) electrons. The van der Waals surface area contributed by atoms with Crippen molar-refractivity contribution in [3.63, 3.8) is 0 Å². The molecule has 0 aromatic carbocycles. The molecule has 0 aliphatic carbocycles. The summed E-state index contributed by atoms with van der Waals surface area (Å²) in [4.78, 5) is 11.6. The van der Waals surface area contributed by atoms with Crippen LogP contribution >= 0.6 is 0 Å². The Hall–Kier alpha value is -0.420. The number of nitrogens with one attached hydrogen (secondary N) is 1. The van der Waals surface area contributed by atoms with Crippen molar-refractivity contribution in [2.75, 3.05) is 12.8 Å². The van der Waals surface area contributed by atoms with Gasteiger partial charge < -0.3 is 0 Å². The molecule has 84 valence electrons. The Morgan fingerprint density at radius 2 is 1.79 bits per heavy atom. The minimum absolute atomic E-state index is 0.0853. The first-order chi connectivity index (χ1) is 6.07. The summed E-state index contributed by atoms with van der Waals surface area (Å²) in [6.45, 7) is 7.41. The largest absolute Gasteiger partial charge is 0.298 e. The maximum absolute atomic E-state index is 11.6. The Labute approximate surface area is 86.1 Å². The minimum Gasteiger partial charge on any atom is -0.298 e. The van der Waals surface area contributed by atoms with E-state index in [4.69, 9.17) is 0 Å². The fourth-order valence-electron chi connectivity index (χ4n) is 0.746. The molecule has 4 nitrogen and oxygen atoms in total. The quantitative estimate of drug-likeness (QED) is 0.746. The van der Waals surface area contributed by atoms with Crippen LogP contribution < -0.4 is 4.72 Å². The zero-order valence-electron chi connectivity index (χ0n) is 9.42. The summed E-state index contributed by atoms with van der Waals surface area (Å²) in [5.41, 5.74) is -0.488. The lowest BCUT2D eigenvalue weighted by molar-refractivity contribution is -0.127. The average Bonchev–Trinajstić information content (AvgIpc) is 1.98. The Morgan fingerprint density at radius 1 is 1.36 bits per heavy atom. The minimum atomic E-state index is -3.28. The van der Waals surface area contributed by atoms with Crippen LogP contribution in [0, 0.1) is 11.3 Å². The number of carbonyl (C=O) groups is 1. The maximum Gasteiger partial charge on any atom is 0.209 e. The van der Waals surface area contributed by atoms with Crippen LogP contribution in [0.5, 0.6) is 0 Å². The molecule has 0 amide bonds. The van der Waals surface area contributed by atoms with E-state index in [2.05, 4.69) is 4.72 Å². The van der Waals surface area contributed by atoms with Crippen LogP contribution in [0.4, 0.5) is 0 Å². The van der Waals surface area contributed by atoms with Crippen molar-refractivity contribution in [1.82, 2.24) is 4.72 Å². The molecular formula is C9H19NO3S. The fraction of sp³-hybridized carbons (Fsp3) is 0.889. The van der Waals surface area contributed by atoms with Gasteiger partial charge >= 0.3 is 0 Å². The number of ketones is 1. The lowest BCUT2D eigenvalue weighted by Crippen LogP contribution is -2.39. The second-order valence-corrected chi connectivity index (χ2v) is 6.23. The van der Waals surface area contributed by atoms with E-state index in [1.54, 1.807) is 0 Å². The van der Waals surface area contributed by atoms with E-state index < -0.39 is 15.4 Å². The van der Waals surface area contributed by atoms with Gasteiger partial charge in [-0.1, -0.05) is 27.7 Å². The Morgan fingerprint density at radius 3 is 2.07 bits per heavy atom. The smallest absolute Gasteiger partial charge is 0.209 e. The number of Topliss-reactive ketones (excluding diaryl/α,β-unsaturated/α-hetero) is 1. The van der Waals surface area contributed by atoms with Crippen molar-refractivity contribution in [1.29, 1.82) is 0 Å². The van der Waals surface area contributed by atoms with E-state index in [0.717, 1.165) is 6.26 Å². The highest BCUT2D eigenvalue weighted by molar-refractivity contribution is 7.88. The third-order valence-electron chi connectivity index (χ3n) is 2.66. The van der Waals surface area contributed by atoms with E-state index in [0.29, 0.717) is 0 Å². The zero-order valence-corrected chi connectivity index (χ0v) is 10.2. The molecule has 0 fully saturated rings. The SMILES string of the molecule is CC(C)C(C)(C)C(=O)CNS(C)(=O)=O. The lowest BCUT2D eigenvalue weighted by Gasteiger charge is -2.27. The molecule has 0 saturated carbocycles. The first-order valence-corrected chi connectivity index (χ1v) is 6.44. The molecule has 0 heterocycles. The van der Waals surface area contributed by atoms with Crippen LogP contribution in [0.3, 0.4) is 0 Å². The van der Waals surface area contributed by atoms with E-state index in [1.165, 1.54) is 0 Å². The highest BCUT2D eigenvalue weighted by Gasteiger charge is 2.30. The van der Waals surface area contributed by atoms with Crippen LogP contribution in [-0.2, 0) is 14.8 Å². The second kappa shape index (κ2) is 4.40. The number of carbonyl (C=O) groups excluding carboxylic acids is 1. The van der Waals surface area contributed by atoms with E-state index in [9.17, 15) is 13.2 Å². The van der Waals surface area contributed by atoms with E-state index in [1.807, 2.05) is 27.7 Å². The summed E-state index contributed by atoms with van der Waals surface area (Å²) in [5, 5.41) is 0. The predicted octanol–water partition coefficient (Wildman–Crippen LogP) is 0.787. The lowest BCUT2D eigenvalue weighted by atomic mass is 9.77. The third kappa shape index (κ3) is 4.19. The molecule has 0 spiro atoms. The highest BCUT2D eigenvalue weighted by atomic mass is 32.2. The van der Waals surface area contributed by atoms with Crippen molar-refractivity contribution in [3.8, 4) is 0 Å². The molecule has 0 aromatic rings. The second-order valence-electron chi connectivity index (χ2n) is 4.39. The zero-order chi connectivity index (χ0) is 11.6. The molecule has 0 bridgehead atoms. The van der Waals surface area contributed by atoms with Crippen molar-refractivity contribution < 1.29 is 13.2 Å². The summed E-state index contributed by atoms with van der Waals surface area (Å²) >= 11 is 0. The standard InChI is InChI=1S/C9H19NO3S/c1-7(2)9(3,4)8(11)6-10-14(5,12)13/h7,10H,6H2,1-5H3. The van der Waals surface area contributed by atoms with Gasteiger partial charge in [0.2, 0.25) is 10.0 Å². The fourth-order valence-corrected chi connectivity index (χ4v) is 1.14. The van der Waals surface area contributed by atoms with Crippen LogP contribution in [0.1, 0.15) is 27.7 Å². The molecule has 0 saturated heterocycles. The van der Waals surface area contributed by atoms with Gasteiger partial charge in [0.05, 0.1) is 12.8 Å². The monoisotopic (exact) mass is 221 g/mol. The number of sulfonamides is 1. The van der Waals surface area contributed by atoms with Gasteiger partial charge in [0.15, 0.2) is 5.78 Å². The first-order valence-electron chi connectivity index (χ1n) is 4.55. The normalized spacial score (nSPS) is 13.3. The van der Waals surface area contributed by atoms with Gasteiger partial charge in [-0.05, 0) is 5.92 Å². The molecular weight excluding hydrogens is 202 g/mol. The van der Waals surface area contributed by atoms with Crippen molar-refractivity contribution in [3.05, 3.63) is 0 Å². The third-order valence-corrected chi connectivity index (χ3v) is 3.33.